The van der Waals surface area contributed by atoms with Crippen molar-refractivity contribution in [2.75, 3.05) is 19.8 Å². The number of thiocarbonyl (C=S) groups is 1. The summed E-state index contributed by atoms with van der Waals surface area (Å²) in [7, 11) is 0. The molecule has 0 bridgehead atoms. The Bertz CT molecular complexity index is 752. The third-order valence-electron chi connectivity index (χ3n) is 5.28. The number of fused-ring (bicyclic) bond motifs is 1. The van der Waals surface area contributed by atoms with Crippen molar-refractivity contribution in [3.63, 3.8) is 0 Å². The van der Waals surface area contributed by atoms with Crippen molar-refractivity contribution in [1.29, 1.82) is 0 Å². The molecule has 4 heteroatoms. The van der Waals surface area contributed by atoms with Crippen molar-refractivity contribution in [3.05, 3.63) is 48.0 Å². The van der Waals surface area contributed by atoms with E-state index in [1.165, 1.54) is 10.8 Å². The van der Waals surface area contributed by atoms with Crippen LogP contribution in [-0.4, -0.2) is 24.9 Å². The second-order valence-electron chi connectivity index (χ2n) is 7.26. The second-order valence-corrected chi connectivity index (χ2v) is 7.67. The van der Waals surface area contributed by atoms with Crippen molar-refractivity contribution in [3.8, 4) is 0 Å². The predicted octanol–water partition coefficient (Wildman–Crippen LogP) is 5.99. The molecule has 1 aliphatic rings. The summed E-state index contributed by atoms with van der Waals surface area (Å²) in [5, 5.41) is 3.22. The Morgan fingerprint density at radius 1 is 1.07 bits per heavy atom. The molecule has 3 rings (SSSR count). The smallest absolute Gasteiger partial charge is 0.195 e. The van der Waals surface area contributed by atoms with Crippen LogP contribution in [0.4, 0.5) is 0 Å². The average molecular weight is 387 g/mol. The highest BCUT2D eigenvalue weighted by Gasteiger charge is 2.38. The van der Waals surface area contributed by atoms with Crippen LogP contribution in [0, 0.1) is 5.92 Å². The third-order valence-corrected chi connectivity index (χ3v) is 5.80. The Morgan fingerprint density at radius 2 is 1.81 bits per heavy atom. The van der Waals surface area contributed by atoms with Crippen molar-refractivity contribution in [2.45, 2.75) is 51.7 Å². The van der Waals surface area contributed by atoms with E-state index in [0.29, 0.717) is 25.7 Å². The largest absolute Gasteiger partial charge is 0.487 e. The number of unbranched alkanes of at least 4 members (excludes halogenated alkanes) is 2. The van der Waals surface area contributed by atoms with Crippen LogP contribution < -0.4 is 0 Å². The van der Waals surface area contributed by atoms with E-state index in [-0.39, 0.29) is 0 Å². The van der Waals surface area contributed by atoms with Gasteiger partial charge in [0.25, 0.3) is 0 Å². The molecule has 0 N–H and O–H groups in total. The van der Waals surface area contributed by atoms with Crippen LogP contribution >= 0.6 is 12.2 Å². The summed E-state index contributed by atoms with van der Waals surface area (Å²) in [5.41, 5.74) is 1.13. The van der Waals surface area contributed by atoms with Crippen molar-refractivity contribution < 1.29 is 14.2 Å². The first-order chi connectivity index (χ1) is 13.1. The normalized spacial score (nSPS) is 17.1. The maximum Gasteiger partial charge on any atom is 0.195 e. The highest BCUT2D eigenvalue weighted by atomic mass is 32.1. The van der Waals surface area contributed by atoms with E-state index >= 15 is 0 Å². The standard InChI is InChI=1S/C23H30O3S/c1-3-24-22(27)18(2)9-5-4-8-14-23(25-15-16-26-23)21-13-12-19-10-6-7-11-20(19)17-21/h6-7,10-13,17-18H,3-5,8-9,14-16H2,1-2H3. The van der Waals surface area contributed by atoms with Crippen LogP contribution in [0.5, 0.6) is 0 Å². The Kier molecular flexibility index (Phi) is 7.22. The van der Waals surface area contributed by atoms with Gasteiger partial charge in [-0.15, -0.1) is 0 Å². The van der Waals surface area contributed by atoms with E-state index in [2.05, 4.69) is 49.4 Å². The highest BCUT2D eigenvalue weighted by molar-refractivity contribution is 7.80. The molecule has 0 saturated carbocycles. The lowest BCUT2D eigenvalue weighted by Crippen LogP contribution is -2.27. The number of ether oxygens (including phenoxy) is 3. The molecule has 2 aromatic rings. The quantitative estimate of drug-likeness (QED) is 0.391. The molecule has 0 amide bonds. The summed E-state index contributed by atoms with van der Waals surface area (Å²) in [4.78, 5) is 0. The number of benzene rings is 2. The van der Waals surface area contributed by atoms with Crippen LogP contribution in [0.1, 0.15) is 51.5 Å². The topological polar surface area (TPSA) is 27.7 Å². The van der Waals surface area contributed by atoms with Gasteiger partial charge in [0.05, 0.1) is 19.8 Å². The molecule has 27 heavy (non-hydrogen) atoms. The fourth-order valence-corrected chi connectivity index (χ4v) is 3.96. The van der Waals surface area contributed by atoms with Gasteiger partial charge in [-0.3, -0.25) is 0 Å². The van der Waals surface area contributed by atoms with E-state index in [9.17, 15) is 0 Å². The van der Waals surface area contributed by atoms with Crippen molar-refractivity contribution >= 4 is 28.0 Å². The van der Waals surface area contributed by atoms with Gasteiger partial charge in [0.1, 0.15) is 0 Å². The van der Waals surface area contributed by atoms with Gasteiger partial charge in [0, 0.05) is 17.9 Å². The zero-order valence-electron chi connectivity index (χ0n) is 16.4. The Morgan fingerprint density at radius 3 is 2.56 bits per heavy atom. The molecule has 1 aliphatic heterocycles. The molecule has 3 nitrogen and oxygen atoms in total. The highest BCUT2D eigenvalue weighted by Crippen LogP contribution is 2.38. The van der Waals surface area contributed by atoms with Crippen LogP contribution in [0.25, 0.3) is 10.8 Å². The molecule has 0 radical (unpaired) electrons. The fourth-order valence-electron chi connectivity index (χ4n) is 3.72. The van der Waals surface area contributed by atoms with Gasteiger partial charge in [0.15, 0.2) is 10.8 Å². The molecule has 1 heterocycles. The van der Waals surface area contributed by atoms with E-state index in [4.69, 9.17) is 26.4 Å². The van der Waals surface area contributed by atoms with Crippen molar-refractivity contribution in [1.82, 2.24) is 0 Å². The molecule has 1 atom stereocenters. The van der Waals surface area contributed by atoms with Gasteiger partial charge in [-0.05, 0) is 48.8 Å². The monoisotopic (exact) mass is 386 g/mol. The summed E-state index contributed by atoms with van der Waals surface area (Å²) in [6.45, 7) is 6.11. The number of hydrogen-bond donors (Lipinski definition) is 0. The molecule has 1 saturated heterocycles. The van der Waals surface area contributed by atoms with Crippen LogP contribution in [0.2, 0.25) is 0 Å². The molecule has 0 aromatic heterocycles. The molecule has 0 aliphatic carbocycles. The first-order valence-electron chi connectivity index (χ1n) is 10.1. The Labute approximate surface area is 168 Å². The van der Waals surface area contributed by atoms with E-state index in [0.717, 1.165) is 42.7 Å². The summed E-state index contributed by atoms with van der Waals surface area (Å²) in [6, 6.07) is 14.9. The average Bonchev–Trinajstić information content (AvgIpc) is 3.17. The van der Waals surface area contributed by atoms with Crippen molar-refractivity contribution in [2.24, 2.45) is 5.92 Å². The SMILES string of the molecule is CCOC(=S)C(C)CCCCCC1(c2ccc3ccccc3c2)OCCO1. The molecule has 0 spiro atoms. The minimum Gasteiger partial charge on any atom is -0.487 e. The van der Waals surface area contributed by atoms with Gasteiger partial charge in [-0.25, -0.2) is 0 Å². The lowest BCUT2D eigenvalue weighted by molar-refractivity contribution is -0.171. The van der Waals surface area contributed by atoms with Crippen LogP contribution in [0.3, 0.4) is 0 Å². The molecule has 2 aromatic carbocycles. The summed E-state index contributed by atoms with van der Waals surface area (Å²) in [5.74, 6) is -0.246. The molecular weight excluding hydrogens is 356 g/mol. The minimum absolute atomic E-state index is 0.341. The number of hydrogen-bond acceptors (Lipinski definition) is 4. The summed E-state index contributed by atoms with van der Waals surface area (Å²) in [6.07, 6.45) is 5.31. The van der Waals surface area contributed by atoms with Gasteiger partial charge in [-0.1, -0.05) is 56.2 Å². The van der Waals surface area contributed by atoms with Crippen LogP contribution in [0.15, 0.2) is 42.5 Å². The predicted molar refractivity (Wildman–Crippen MR) is 114 cm³/mol. The zero-order valence-corrected chi connectivity index (χ0v) is 17.2. The van der Waals surface area contributed by atoms with E-state index in [1.807, 2.05) is 6.92 Å². The first kappa shape index (κ1) is 20.2. The molecule has 1 unspecified atom stereocenters. The number of rotatable bonds is 9. The van der Waals surface area contributed by atoms with Gasteiger partial charge < -0.3 is 14.2 Å². The lowest BCUT2D eigenvalue weighted by Gasteiger charge is -2.28. The lowest BCUT2D eigenvalue weighted by atomic mass is 9.95. The molecular formula is C23H30O3S. The maximum absolute atomic E-state index is 6.11. The summed E-state index contributed by atoms with van der Waals surface area (Å²) < 4.78 is 17.7. The third kappa shape index (κ3) is 5.07. The van der Waals surface area contributed by atoms with Gasteiger partial charge >= 0.3 is 0 Å². The minimum atomic E-state index is -0.587. The second kappa shape index (κ2) is 9.63. The zero-order chi connectivity index (χ0) is 19.1. The van der Waals surface area contributed by atoms with Gasteiger partial charge in [-0.2, -0.15) is 0 Å². The van der Waals surface area contributed by atoms with E-state index in [1.54, 1.807) is 0 Å². The Balaban J connectivity index is 1.56. The summed E-state index contributed by atoms with van der Waals surface area (Å²) >= 11 is 5.30. The van der Waals surface area contributed by atoms with Gasteiger partial charge in [0.2, 0.25) is 0 Å². The molecule has 146 valence electrons. The van der Waals surface area contributed by atoms with Crippen LogP contribution in [-0.2, 0) is 20.0 Å². The van der Waals surface area contributed by atoms with E-state index < -0.39 is 5.79 Å². The fraction of sp³-hybridized carbons (Fsp3) is 0.522. The Hall–Kier alpha value is -1.49. The maximum atomic E-state index is 6.11. The first-order valence-corrected chi connectivity index (χ1v) is 10.5. The molecule has 1 fully saturated rings.